The van der Waals surface area contributed by atoms with Gasteiger partial charge in [0, 0.05) is 12.5 Å². The van der Waals surface area contributed by atoms with Gasteiger partial charge >= 0.3 is 0 Å². The zero-order valence-electron chi connectivity index (χ0n) is 9.93. The average molecular weight is 268 g/mol. The highest BCUT2D eigenvalue weighted by Gasteiger charge is 2.27. The molecule has 1 aromatic rings. The molecule has 0 unspecified atom stereocenters. The molecule has 6 heteroatoms. The van der Waals surface area contributed by atoms with E-state index in [0.29, 0.717) is 6.42 Å². The number of amides is 1. The van der Waals surface area contributed by atoms with E-state index in [9.17, 15) is 13.2 Å². The Morgan fingerprint density at radius 3 is 2.39 bits per heavy atom. The number of sulfonamides is 1. The van der Waals surface area contributed by atoms with Crippen LogP contribution in [0.2, 0.25) is 0 Å². The molecule has 1 amide bonds. The van der Waals surface area contributed by atoms with Gasteiger partial charge in [-0.3, -0.25) is 4.79 Å². The number of hydrogen-bond acceptors (Lipinski definition) is 3. The number of carbonyl (C=O) groups excluding carboxylic acids is 1. The molecule has 0 atom stereocenters. The lowest BCUT2D eigenvalue weighted by atomic mass is 10.1. The van der Waals surface area contributed by atoms with Crippen LogP contribution in [0.15, 0.2) is 29.2 Å². The van der Waals surface area contributed by atoms with Crippen LogP contribution in [0.25, 0.3) is 0 Å². The van der Waals surface area contributed by atoms with Crippen molar-refractivity contribution in [2.75, 3.05) is 0 Å². The van der Waals surface area contributed by atoms with E-state index in [2.05, 4.69) is 4.72 Å². The maximum atomic E-state index is 11.9. The average Bonchev–Trinajstić information content (AvgIpc) is 3.10. The summed E-state index contributed by atoms with van der Waals surface area (Å²) in [5, 5.41) is 0. The minimum absolute atomic E-state index is 0.101. The summed E-state index contributed by atoms with van der Waals surface area (Å²) >= 11 is 0. The zero-order chi connectivity index (χ0) is 13.2. The second kappa shape index (κ2) is 5.07. The lowest BCUT2D eigenvalue weighted by Gasteiger charge is -2.06. The lowest BCUT2D eigenvalue weighted by Crippen LogP contribution is -2.25. The molecule has 1 aliphatic carbocycles. The van der Waals surface area contributed by atoms with E-state index in [1.807, 2.05) is 0 Å². The van der Waals surface area contributed by atoms with Gasteiger partial charge in [0.1, 0.15) is 0 Å². The molecule has 0 aliphatic heterocycles. The molecule has 1 aromatic carbocycles. The van der Waals surface area contributed by atoms with Crippen molar-refractivity contribution in [3.63, 3.8) is 0 Å². The first kappa shape index (κ1) is 13.0. The third-order valence-corrected chi connectivity index (χ3v) is 4.33. The number of aryl methyl sites for hydroxylation is 1. The molecule has 2 rings (SSSR count). The summed E-state index contributed by atoms with van der Waals surface area (Å²) in [6.07, 6.45) is 2.63. The molecule has 1 aliphatic rings. The standard InChI is InChI=1S/C12H16N2O3S/c13-12(15)8-3-9-1-6-11(7-2-9)18(16,17)14-10-4-5-10/h1-2,6-7,10,14H,3-5,8H2,(H2,13,15). The molecular weight excluding hydrogens is 252 g/mol. The van der Waals surface area contributed by atoms with Crippen LogP contribution < -0.4 is 10.5 Å². The van der Waals surface area contributed by atoms with Crippen LogP contribution in [-0.4, -0.2) is 20.4 Å². The molecule has 0 radical (unpaired) electrons. The Morgan fingerprint density at radius 1 is 1.28 bits per heavy atom. The van der Waals surface area contributed by atoms with Gasteiger partial charge in [-0.2, -0.15) is 0 Å². The highest BCUT2D eigenvalue weighted by atomic mass is 32.2. The summed E-state index contributed by atoms with van der Waals surface area (Å²) in [4.78, 5) is 10.9. The van der Waals surface area contributed by atoms with Crippen molar-refractivity contribution in [3.8, 4) is 0 Å². The highest BCUT2D eigenvalue weighted by molar-refractivity contribution is 7.89. The predicted octanol–water partition coefficient (Wildman–Crippen LogP) is 0.545. The minimum Gasteiger partial charge on any atom is -0.370 e. The first-order chi connectivity index (χ1) is 8.47. The topological polar surface area (TPSA) is 89.3 Å². The molecule has 1 fully saturated rings. The van der Waals surface area contributed by atoms with Crippen LogP contribution in [0.1, 0.15) is 24.8 Å². The van der Waals surface area contributed by atoms with Gasteiger partial charge < -0.3 is 5.73 Å². The molecule has 0 aromatic heterocycles. The number of nitrogens with one attached hydrogen (secondary N) is 1. The number of primary amides is 1. The van der Waals surface area contributed by atoms with Crippen molar-refractivity contribution in [1.29, 1.82) is 0 Å². The normalized spacial score (nSPS) is 15.6. The lowest BCUT2D eigenvalue weighted by molar-refractivity contribution is -0.117. The summed E-state index contributed by atoms with van der Waals surface area (Å²) in [6.45, 7) is 0. The monoisotopic (exact) mass is 268 g/mol. The third-order valence-electron chi connectivity index (χ3n) is 2.79. The maximum Gasteiger partial charge on any atom is 0.240 e. The second-order valence-corrected chi connectivity index (χ2v) is 6.22. The molecular formula is C12H16N2O3S. The molecule has 3 N–H and O–H groups in total. The predicted molar refractivity (Wildman–Crippen MR) is 67.3 cm³/mol. The number of benzene rings is 1. The van der Waals surface area contributed by atoms with Crippen molar-refractivity contribution >= 4 is 15.9 Å². The number of nitrogens with two attached hydrogens (primary N) is 1. The van der Waals surface area contributed by atoms with Crippen molar-refractivity contribution in [3.05, 3.63) is 29.8 Å². The smallest absolute Gasteiger partial charge is 0.240 e. The van der Waals surface area contributed by atoms with E-state index in [1.54, 1.807) is 24.3 Å². The minimum atomic E-state index is -3.39. The van der Waals surface area contributed by atoms with Gasteiger partial charge in [0.05, 0.1) is 4.90 Å². The number of hydrogen-bond donors (Lipinski definition) is 2. The zero-order valence-corrected chi connectivity index (χ0v) is 10.7. The van der Waals surface area contributed by atoms with E-state index < -0.39 is 10.0 Å². The van der Waals surface area contributed by atoms with Gasteiger partial charge in [0.15, 0.2) is 0 Å². The first-order valence-corrected chi connectivity index (χ1v) is 7.35. The van der Waals surface area contributed by atoms with Gasteiger partial charge in [0.25, 0.3) is 0 Å². The fourth-order valence-corrected chi connectivity index (χ4v) is 2.90. The van der Waals surface area contributed by atoms with E-state index in [0.717, 1.165) is 18.4 Å². The van der Waals surface area contributed by atoms with Crippen molar-refractivity contribution in [2.45, 2.75) is 36.6 Å². The Hall–Kier alpha value is -1.40. The molecule has 0 saturated heterocycles. The summed E-state index contributed by atoms with van der Waals surface area (Å²) in [6, 6.07) is 6.64. The van der Waals surface area contributed by atoms with Crippen LogP contribution in [0.3, 0.4) is 0 Å². The van der Waals surface area contributed by atoms with Crippen LogP contribution in [-0.2, 0) is 21.2 Å². The van der Waals surface area contributed by atoms with Gasteiger partial charge in [-0.1, -0.05) is 12.1 Å². The quantitative estimate of drug-likeness (QED) is 0.789. The van der Waals surface area contributed by atoms with Gasteiger partial charge in [-0.15, -0.1) is 0 Å². The van der Waals surface area contributed by atoms with E-state index >= 15 is 0 Å². The largest absolute Gasteiger partial charge is 0.370 e. The van der Waals surface area contributed by atoms with E-state index in [4.69, 9.17) is 5.73 Å². The van der Waals surface area contributed by atoms with Crippen LogP contribution in [0.4, 0.5) is 0 Å². The Labute approximate surface area is 106 Å². The Morgan fingerprint density at radius 2 is 1.89 bits per heavy atom. The summed E-state index contributed by atoms with van der Waals surface area (Å²) in [7, 11) is -3.39. The maximum absolute atomic E-state index is 11.9. The molecule has 0 heterocycles. The van der Waals surface area contributed by atoms with Crippen LogP contribution in [0, 0.1) is 0 Å². The highest BCUT2D eigenvalue weighted by Crippen LogP contribution is 2.22. The Bertz CT molecular complexity index is 533. The number of rotatable bonds is 6. The third kappa shape index (κ3) is 3.54. The fraction of sp³-hybridized carbons (Fsp3) is 0.417. The molecule has 1 saturated carbocycles. The summed E-state index contributed by atoms with van der Waals surface area (Å²) in [5.74, 6) is -0.359. The molecule has 98 valence electrons. The molecule has 18 heavy (non-hydrogen) atoms. The Kier molecular flexibility index (Phi) is 3.68. The van der Waals surface area contributed by atoms with E-state index in [1.165, 1.54) is 0 Å². The SMILES string of the molecule is NC(=O)CCc1ccc(S(=O)(=O)NC2CC2)cc1. The van der Waals surface area contributed by atoms with Gasteiger partial charge in [-0.05, 0) is 37.0 Å². The molecule has 5 nitrogen and oxygen atoms in total. The molecule has 0 bridgehead atoms. The number of carbonyl (C=O) groups is 1. The summed E-state index contributed by atoms with van der Waals surface area (Å²) in [5.41, 5.74) is 5.96. The molecule has 0 spiro atoms. The summed E-state index contributed by atoms with van der Waals surface area (Å²) < 4.78 is 26.4. The van der Waals surface area contributed by atoms with Crippen molar-refractivity contribution in [2.24, 2.45) is 5.73 Å². The van der Waals surface area contributed by atoms with Crippen molar-refractivity contribution < 1.29 is 13.2 Å². The second-order valence-electron chi connectivity index (χ2n) is 4.51. The Balaban J connectivity index is 2.04. The van der Waals surface area contributed by atoms with E-state index in [-0.39, 0.29) is 23.3 Å². The van der Waals surface area contributed by atoms with Gasteiger partial charge in [-0.25, -0.2) is 13.1 Å². The van der Waals surface area contributed by atoms with Crippen LogP contribution in [0.5, 0.6) is 0 Å². The fourth-order valence-electron chi connectivity index (χ4n) is 1.59. The van der Waals surface area contributed by atoms with Crippen LogP contribution >= 0.6 is 0 Å². The van der Waals surface area contributed by atoms with Crippen molar-refractivity contribution in [1.82, 2.24) is 4.72 Å². The van der Waals surface area contributed by atoms with Gasteiger partial charge in [0.2, 0.25) is 15.9 Å². The first-order valence-electron chi connectivity index (χ1n) is 5.87.